The molecule has 0 bridgehead atoms. The summed E-state index contributed by atoms with van der Waals surface area (Å²) in [7, 11) is 0. The lowest BCUT2D eigenvalue weighted by Crippen LogP contribution is -2.27. The molecule has 4 aromatic rings. The van der Waals surface area contributed by atoms with Crippen LogP contribution in [0.5, 0.6) is 0 Å². The zero-order valence-electron chi connectivity index (χ0n) is 23.1. The predicted molar refractivity (Wildman–Crippen MR) is 161 cm³/mol. The smallest absolute Gasteiger partial charge is 0.318 e. The molecule has 0 aliphatic heterocycles. The molecule has 0 spiro atoms. The van der Waals surface area contributed by atoms with Gasteiger partial charge in [0.2, 0.25) is 11.6 Å². The number of fused-ring (bicyclic) bond motifs is 4. The lowest BCUT2D eigenvalue weighted by Gasteiger charge is -2.22. The fraction of sp³-hybridized carbons (Fsp3) is 0.273. The highest BCUT2D eigenvalue weighted by Gasteiger charge is 2.29. The van der Waals surface area contributed by atoms with Gasteiger partial charge in [0.25, 0.3) is 0 Å². The zero-order valence-corrected chi connectivity index (χ0v) is 23.9. The van der Waals surface area contributed by atoms with Gasteiger partial charge in [0.15, 0.2) is 0 Å². The van der Waals surface area contributed by atoms with Crippen LogP contribution >= 0.6 is 11.3 Å². The maximum absolute atomic E-state index is 13.7. The molecule has 0 saturated heterocycles. The van der Waals surface area contributed by atoms with Crippen molar-refractivity contribution in [3.63, 3.8) is 0 Å². The second kappa shape index (κ2) is 11.8. The Morgan fingerprint density at radius 3 is 2.36 bits per heavy atom. The van der Waals surface area contributed by atoms with Crippen molar-refractivity contribution in [2.45, 2.75) is 51.9 Å². The molecule has 42 heavy (non-hydrogen) atoms. The van der Waals surface area contributed by atoms with E-state index in [4.69, 9.17) is 9.68 Å². The van der Waals surface area contributed by atoms with Crippen LogP contribution in [0.3, 0.4) is 0 Å². The van der Waals surface area contributed by atoms with E-state index >= 15 is 0 Å². The molecule has 2 aliphatic rings. The van der Waals surface area contributed by atoms with Gasteiger partial charge in [-0.3, -0.25) is 9.59 Å². The normalized spacial score (nSPS) is 16.9. The molecular weight excluding hydrogens is 552 g/mol. The fourth-order valence-electron chi connectivity index (χ4n) is 5.70. The highest BCUT2D eigenvalue weighted by Crippen LogP contribution is 2.38. The second-order valence-corrected chi connectivity index (χ2v) is 11.7. The van der Waals surface area contributed by atoms with Crippen molar-refractivity contribution in [3.8, 4) is 0 Å². The molecule has 1 aromatic heterocycles. The van der Waals surface area contributed by atoms with Crippen molar-refractivity contribution in [3.05, 3.63) is 82.9 Å². The summed E-state index contributed by atoms with van der Waals surface area (Å²) in [5.41, 5.74) is 2.78. The molecule has 0 radical (unpaired) electrons. The van der Waals surface area contributed by atoms with E-state index in [9.17, 15) is 19.2 Å². The summed E-state index contributed by atoms with van der Waals surface area (Å²) >= 11 is 1.54. The Balaban J connectivity index is 1.30. The van der Waals surface area contributed by atoms with E-state index in [0.29, 0.717) is 35.2 Å². The van der Waals surface area contributed by atoms with Gasteiger partial charge in [0.1, 0.15) is 11.4 Å². The molecule has 0 N–H and O–H groups in total. The Labute approximate surface area is 246 Å². The number of ketones is 2. The number of carbonyl (C=O) groups excluding carboxylic acids is 4. The van der Waals surface area contributed by atoms with Gasteiger partial charge in [-0.1, -0.05) is 47.8 Å². The van der Waals surface area contributed by atoms with E-state index in [1.165, 1.54) is 18.3 Å². The Hall–Kier alpha value is -4.50. The molecule has 6 rings (SSSR count). The quantitative estimate of drug-likeness (QED) is 0.104. The lowest BCUT2D eigenvalue weighted by atomic mass is 9.83. The molecule has 0 atom stereocenters. The van der Waals surface area contributed by atoms with E-state index < -0.39 is 11.9 Å². The summed E-state index contributed by atoms with van der Waals surface area (Å²) in [5.74, 6) is -1.70. The average Bonchev–Trinajstić information content (AvgIpc) is 3.37. The first-order chi connectivity index (χ1) is 20.4. The van der Waals surface area contributed by atoms with Crippen molar-refractivity contribution in [2.24, 2.45) is 16.2 Å². The van der Waals surface area contributed by atoms with Crippen molar-refractivity contribution < 1.29 is 28.9 Å². The van der Waals surface area contributed by atoms with E-state index in [0.717, 1.165) is 57.8 Å². The van der Waals surface area contributed by atoms with Gasteiger partial charge in [-0.15, -0.1) is 11.3 Å². The van der Waals surface area contributed by atoms with Crippen LogP contribution in [0, 0.1) is 5.92 Å². The fourth-order valence-corrected chi connectivity index (χ4v) is 6.81. The molecule has 9 heteroatoms. The molecule has 1 saturated carbocycles. The lowest BCUT2D eigenvalue weighted by molar-refractivity contribution is -0.140. The Bertz CT molecular complexity index is 1800. The number of benzene rings is 3. The Kier molecular flexibility index (Phi) is 7.75. The molecule has 1 fully saturated rings. The van der Waals surface area contributed by atoms with E-state index in [-0.39, 0.29) is 23.2 Å². The van der Waals surface area contributed by atoms with Crippen molar-refractivity contribution in [2.75, 3.05) is 0 Å². The minimum atomic E-state index is -0.614. The van der Waals surface area contributed by atoms with Crippen LogP contribution in [0.2, 0.25) is 0 Å². The average molecular weight is 581 g/mol. The van der Waals surface area contributed by atoms with E-state index in [2.05, 4.69) is 10.3 Å². The van der Waals surface area contributed by atoms with Gasteiger partial charge in [0, 0.05) is 50.6 Å². The third-order valence-electron chi connectivity index (χ3n) is 7.84. The third-order valence-corrected chi connectivity index (χ3v) is 8.97. The first-order valence-electron chi connectivity index (χ1n) is 14.1. The largest absolute Gasteiger partial charge is 0.365 e. The van der Waals surface area contributed by atoms with Crippen molar-refractivity contribution in [1.82, 2.24) is 0 Å². The first kappa shape index (κ1) is 27.7. The zero-order chi connectivity index (χ0) is 29.2. The van der Waals surface area contributed by atoms with Crippen LogP contribution in [-0.2, 0) is 20.9 Å². The van der Waals surface area contributed by atoms with Gasteiger partial charge in [-0.25, -0.2) is 9.59 Å². The van der Waals surface area contributed by atoms with Crippen LogP contribution in [0.25, 0.3) is 20.2 Å². The molecule has 0 unspecified atom stereocenters. The highest BCUT2D eigenvalue weighted by atomic mass is 32.1. The summed E-state index contributed by atoms with van der Waals surface area (Å²) in [5, 5.41) is 9.81. The second-order valence-electron chi connectivity index (χ2n) is 10.7. The van der Waals surface area contributed by atoms with Gasteiger partial charge < -0.3 is 9.68 Å². The SMILES string of the molecule is CC(=O)O/N=C(/C(=O)c1ccc2sc3cc4c(cc3c2c1)CC/C(=N/OC(=O)c1ccccc1)C4=O)C1CCCCC1. The maximum Gasteiger partial charge on any atom is 0.365 e. The molecule has 1 heterocycles. The Morgan fingerprint density at radius 2 is 1.60 bits per heavy atom. The first-order valence-corrected chi connectivity index (χ1v) is 14.9. The molecular formula is C33H28N2O6S. The number of aryl methyl sites for hydroxylation is 1. The molecule has 212 valence electrons. The summed E-state index contributed by atoms with van der Waals surface area (Å²) < 4.78 is 1.89. The number of rotatable bonds is 6. The minimum absolute atomic E-state index is 0.0404. The highest BCUT2D eigenvalue weighted by molar-refractivity contribution is 7.25. The molecule has 2 aliphatic carbocycles. The van der Waals surface area contributed by atoms with Gasteiger partial charge >= 0.3 is 11.9 Å². The summed E-state index contributed by atoms with van der Waals surface area (Å²) in [6.07, 6.45) is 5.74. The summed E-state index contributed by atoms with van der Waals surface area (Å²) in [6, 6.07) is 17.9. The topological polar surface area (TPSA) is 111 Å². The number of hydrogen-bond acceptors (Lipinski definition) is 9. The van der Waals surface area contributed by atoms with Crippen LogP contribution < -0.4 is 0 Å². The number of hydrogen-bond donors (Lipinski definition) is 0. The van der Waals surface area contributed by atoms with Gasteiger partial charge in [-0.2, -0.15) is 0 Å². The van der Waals surface area contributed by atoms with Crippen LogP contribution in [-0.4, -0.2) is 34.9 Å². The van der Waals surface area contributed by atoms with Gasteiger partial charge in [0.05, 0.1) is 5.56 Å². The number of Topliss-reactive ketones (excluding diaryl/α,β-unsaturated/α-hetero) is 2. The Morgan fingerprint density at radius 1 is 0.833 bits per heavy atom. The minimum Gasteiger partial charge on any atom is -0.318 e. The van der Waals surface area contributed by atoms with Crippen molar-refractivity contribution in [1.29, 1.82) is 0 Å². The number of thiophene rings is 1. The molecule has 3 aromatic carbocycles. The third kappa shape index (κ3) is 5.52. The maximum atomic E-state index is 13.7. The van der Waals surface area contributed by atoms with Crippen LogP contribution in [0.1, 0.15) is 82.1 Å². The summed E-state index contributed by atoms with van der Waals surface area (Å²) in [6.45, 7) is 1.27. The van der Waals surface area contributed by atoms with Gasteiger partial charge in [-0.05, 0) is 67.3 Å². The van der Waals surface area contributed by atoms with Crippen LogP contribution in [0.4, 0.5) is 0 Å². The van der Waals surface area contributed by atoms with Crippen LogP contribution in [0.15, 0.2) is 71.0 Å². The van der Waals surface area contributed by atoms with E-state index in [1.807, 2.05) is 24.3 Å². The molecule has 0 amide bonds. The number of nitrogens with zero attached hydrogens (tertiary/aromatic N) is 2. The predicted octanol–water partition coefficient (Wildman–Crippen LogP) is 7.08. The number of carbonyl (C=O) groups is 4. The standard InChI is InChI=1S/C33H28N2O6S/c1-19(36)40-35-30(20-8-4-2-5-9-20)31(37)23-13-15-28-25(17-23)26-16-22-12-14-27(32(38)24(22)18-29(26)42-28)34-41-33(39)21-10-6-3-7-11-21/h3,6-7,10-11,13,15-18,20H,2,4-5,8-9,12,14H2,1H3/b34-27-,35-30+. The molecule has 8 nitrogen and oxygen atoms in total. The number of oxime groups is 2. The summed E-state index contributed by atoms with van der Waals surface area (Å²) in [4.78, 5) is 60.7. The van der Waals surface area contributed by atoms with E-state index in [1.54, 1.807) is 36.4 Å². The van der Waals surface area contributed by atoms with Crippen molar-refractivity contribution >= 4 is 66.4 Å². The monoisotopic (exact) mass is 580 g/mol.